The molecule has 7 heteroatoms. The van der Waals surface area contributed by atoms with Gasteiger partial charge in [0, 0.05) is 24.5 Å². The highest BCUT2D eigenvalue weighted by Crippen LogP contribution is 2.45. The molecule has 3 aliphatic heterocycles. The van der Waals surface area contributed by atoms with Crippen molar-refractivity contribution >= 4 is 27.1 Å². The number of hydrogen-bond donors (Lipinski definition) is 0. The number of piperidine rings is 1. The summed E-state index contributed by atoms with van der Waals surface area (Å²) in [5.74, 6) is 0.534. The van der Waals surface area contributed by atoms with E-state index < -0.39 is 14.6 Å². The molecule has 0 N–H and O–H groups in total. The number of carbonyl (C=O) groups is 1. The highest BCUT2D eigenvalue weighted by molar-refractivity contribution is 7.93. The Morgan fingerprint density at radius 2 is 2.00 bits per heavy atom. The molecule has 0 aromatic carbocycles. The van der Waals surface area contributed by atoms with Gasteiger partial charge < -0.3 is 9.80 Å². The van der Waals surface area contributed by atoms with Crippen molar-refractivity contribution in [2.24, 2.45) is 5.92 Å². The van der Waals surface area contributed by atoms with Crippen LogP contribution in [-0.4, -0.2) is 67.3 Å². The van der Waals surface area contributed by atoms with E-state index in [-0.39, 0.29) is 11.8 Å². The predicted molar refractivity (Wildman–Crippen MR) is 99.5 cm³/mol. The Labute approximate surface area is 153 Å². The second kappa shape index (κ2) is 6.67. The maximum Gasteiger partial charge on any atom is 0.227 e. The number of rotatable bonds is 4. The molecule has 1 aromatic heterocycles. The summed E-state index contributed by atoms with van der Waals surface area (Å²) in [7, 11) is -3.10. The SMILES string of the molecule is O=C(Cc1cccs1)N1CC2(C1)C(CN1CCCCC1)CCS2(=O)=O. The second-order valence-corrected chi connectivity index (χ2v) is 11.2. The van der Waals surface area contributed by atoms with Crippen LogP contribution in [0.4, 0.5) is 0 Å². The van der Waals surface area contributed by atoms with Crippen LogP contribution in [0.1, 0.15) is 30.6 Å². The van der Waals surface area contributed by atoms with Crippen molar-refractivity contribution in [3.05, 3.63) is 22.4 Å². The van der Waals surface area contributed by atoms with Crippen LogP contribution in [0.15, 0.2) is 17.5 Å². The summed E-state index contributed by atoms with van der Waals surface area (Å²) in [6.45, 7) is 3.86. The molecule has 1 amide bonds. The molecule has 4 rings (SSSR count). The third-order valence-corrected chi connectivity index (χ3v) is 9.68. The lowest BCUT2D eigenvalue weighted by molar-refractivity contribution is -0.136. The average molecular weight is 383 g/mol. The zero-order valence-corrected chi connectivity index (χ0v) is 16.2. The minimum absolute atomic E-state index is 0.0619. The molecule has 0 bridgehead atoms. The monoisotopic (exact) mass is 382 g/mol. The van der Waals surface area contributed by atoms with Gasteiger partial charge in [-0.3, -0.25) is 4.79 Å². The van der Waals surface area contributed by atoms with Gasteiger partial charge in [0.2, 0.25) is 5.91 Å². The van der Waals surface area contributed by atoms with Crippen LogP contribution in [0, 0.1) is 5.92 Å². The molecule has 3 fully saturated rings. The Hall–Kier alpha value is -0.920. The molecule has 0 radical (unpaired) electrons. The fourth-order valence-corrected chi connectivity index (χ4v) is 7.74. The minimum atomic E-state index is -3.10. The fourth-order valence-electron chi connectivity index (χ4n) is 4.63. The van der Waals surface area contributed by atoms with Crippen molar-refractivity contribution in [2.45, 2.75) is 36.9 Å². The van der Waals surface area contributed by atoms with E-state index in [0.29, 0.717) is 25.3 Å². The molecule has 1 unspecified atom stereocenters. The van der Waals surface area contributed by atoms with Crippen molar-refractivity contribution in [1.82, 2.24) is 9.80 Å². The van der Waals surface area contributed by atoms with Gasteiger partial charge in [0.15, 0.2) is 9.84 Å². The number of nitrogens with zero attached hydrogens (tertiary/aromatic N) is 2. The van der Waals surface area contributed by atoms with E-state index in [1.54, 1.807) is 16.2 Å². The summed E-state index contributed by atoms with van der Waals surface area (Å²) in [6, 6.07) is 3.91. The van der Waals surface area contributed by atoms with E-state index in [4.69, 9.17) is 0 Å². The highest BCUT2D eigenvalue weighted by atomic mass is 32.2. The Kier molecular flexibility index (Phi) is 4.67. The maximum absolute atomic E-state index is 12.7. The summed E-state index contributed by atoms with van der Waals surface area (Å²) in [4.78, 5) is 17.7. The molecule has 1 atom stereocenters. The van der Waals surface area contributed by atoms with Crippen molar-refractivity contribution in [1.29, 1.82) is 0 Å². The van der Waals surface area contributed by atoms with Gasteiger partial charge in [-0.05, 0) is 49.7 Å². The number of sulfone groups is 1. The molecular weight excluding hydrogens is 356 g/mol. The Balaban J connectivity index is 1.42. The smallest absolute Gasteiger partial charge is 0.227 e. The van der Waals surface area contributed by atoms with Gasteiger partial charge in [-0.2, -0.15) is 0 Å². The Bertz CT molecular complexity index is 718. The number of carbonyl (C=O) groups excluding carboxylic acids is 1. The van der Waals surface area contributed by atoms with Crippen LogP contribution in [0.25, 0.3) is 0 Å². The molecule has 5 nitrogen and oxygen atoms in total. The molecule has 0 saturated carbocycles. The summed E-state index contributed by atoms with van der Waals surface area (Å²) in [6.07, 6.45) is 4.88. The van der Waals surface area contributed by atoms with E-state index in [1.165, 1.54) is 19.3 Å². The minimum Gasteiger partial charge on any atom is -0.339 e. The number of amides is 1. The average Bonchev–Trinajstić information content (AvgIpc) is 3.13. The molecule has 3 saturated heterocycles. The fraction of sp³-hybridized carbons (Fsp3) is 0.722. The van der Waals surface area contributed by atoms with Gasteiger partial charge in [-0.1, -0.05) is 12.5 Å². The Morgan fingerprint density at radius 1 is 1.24 bits per heavy atom. The zero-order valence-electron chi connectivity index (χ0n) is 14.5. The second-order valence-electron chi connectivity index (χ2n) is 7.74. The number of hydrogen-bond acceptors (Lipinski definition) is 5. The van der Waals surface area contributed by atoms with Crippen molar-refractivity contribution in [3.8, 4) is 0 Å². The van der Waals surface area contributed by atoms with E-state index in [9.17, 15) is 13.2 Å². The van der Waals surface area contributed by atoms with Crippen LogP contribution < -0.4 is 0 Å². The van der Waals surface area contributed by atoms with E-state index in [1.807, 2.05) is 17.5 Å². The maximum atomic E-state index is 12.7. The van der Waals surface area contributed by atoms with Crippen molar-refractivity contribution in [3.63, 3.8) is 0 Å². The van der Waals surface area contributed by atoms with Gasteiger partial charge >= 0.3 is 0 Å². The molecule has 1 spiro atoms. The number of likely N-dealkylation sites (tertiary alicyclic amines) is 2. The first-order valence-electron chi connectivity index (χ1n) is 9.25. The first kappa shape index (κ1) is 17.5. The van der Waals surface area contributed by atoms with E-state index in [0.717, 1.165) is 30.9 Å². The van der Waals surface area contributed by atoms with Crippen LogP contribution in [0.2, 0.25) is 0 Å². The first-order valence-corrected chi connectivity index (χ1v) is 11.8. The summed E-state index contributed by atoms with van der Waals surface area (Å²) in [5.41, 5.74) is 0. The van der Waals surface area contributed by atoms with Crippen LogP contribution in [0.5, 0.6) is 0 Å². The van der Waals surface area contributed by atoms with Gasteiger partial charge in [-0.15, -0.1) is 11.3 Å². The largest absolute Gasteiger partial charge is 0.339 e. The lowest BCUT2D eigenvalue weighted by Crippen LogP contribution is -2.69. The normalized spacial score (nSPS) is 28.2. The summed E-state index contributed by atoms with van der Waals surface area (Å²) in [5, 5.41) is 1.97. The summed E-state index contributed by atoms with van der Waals surface area (Å²) >= 11 is 1.58. The third kappa shape index (κ3) is 3.15. The van der Waals surface area contributed by atoms with Crippen LogP contribution >= 0.6 is 11.3 Å². The molecule has 3 aliphatic rings. The molecular formula is C18H26N2O3S2. The standard InChI is InChI=1S/C18H26N2O3S2/c21-17(11-16-5-4-9-24-16)20-13-18(14-20)15(6-10-25(18,22)23)12-19-7-2-1-3-8-19/h4-5,9,15H,1-3,6-8,10-14H2. The van der Waals surface area contributed by atoms with E-state index in [2.05, 4.69) is 4.90 Å². The molecule has 25 heavy (non-hydrogen) atoms. The lowest BCUT2D eigenvalue weighted by atomic mass is 9.82. The van der Waals surface area contributed by atoms with E-state index >= 15 is 0 Å². The van der Waals surface area contributed by atoms with Gasteiger partial charge in [0.1, 0.15) is 4.75 Å². The van der Waals surface area contributed by atoms with Gasteiger partial charge in [-0.25, -0.2) is 8.42 Å². The van der Waals surface area contributed by atoms with Crippen molar-refractivity contribution in [2.75, 3.05) is 38.5 Å². The molecule has 0 aliphatic carbocycles. The zero-order chi connectivity index (χ0) is 17.5. The molecule has 1 aromatic rings. The highest BCUT2D eigenvalue weighted by Gasteiger charge is 2.62. The Morgan fingerprint density at radius 3 is 2.68 bits per heavy atom. The van der Waals surface area contributed by atoms with Crippen molar-refractivity contribution < 1.29 is 13.2 Å². The van der Waals surface area contributed by atoms with Gasteiger partial charge in [0.25, 0.3) is 0 Å². The summed E-state index contributed by atoms with van der Waals surface area (Å²) < 4.78 is 24.8. The topological polar surface area (TPSA) is 57.7 Å². The molecule has 138 valence electrons. The lowest BCUT2D eigenvalue weighted by Gasteiger charge is -2.51. The third-order valence-electron chi connectivity index (χ3n) is 6.20. The van der Waals surface area contributed by atoms with Gasteiger partial charge in [0.05, 0.1) is 12.2 Å². The number of thiophene rings is 1. The molecule has 4 heterocycles. The van der Waals surface area contributed by atoms with Crippen LogP contribution in [0.3, 0.4) is 0 Å². The first-order chi connectivity index (χ1) is 12.0. The quantitative estimate of drug-likeness (QED) is 0.797. The van der Waals surface area contributed by atoms with Crippen LogP contribution in [-0.2, 0) is 21.1 Å². The predicted octanol–water partition coefficient (Wildman–Crippen LogP) is 1.79.